The van der Waals surface area contributed by atoms with Gasteiger partial charge in [-0.25, -0.2) is 0 Å². The number of ether oxygens (including phenoxy) is 1. The molecule has 96 valence electrons. The molecular formula is C10H14Cl3N2OP. The number of rotatable bonds is 4. The second-order valence-electron chi connectivity index (χ2n) is 3.47. The number of nitrogens with zero attached hydrogens (tertiary/aromatic N) is 1. The molecule has 0 saturated heterocycles. The van der Waals surface area contributed by atoms with Crippen molar-refractivity contribution in [3.8, 4) is 5.75 Å². The van der Waals surface area contributed by atoms with E-state index in [9.17, 15) is 0 Å². The highest BCUT2D eigenvalue weighted by Gasteiger charge is 2.35. The van der Waals surface area contributed by atoms with Gasteiger partial charge in [0.1, 0.15) is 14.0 Å². The minimum Gasteiger partial charge on any atom is -0.497 e. The first-order valence-electron chi connectivity index (χ1n) is 4.79. The van der Waals surface area contributed by atoms with Gasteiger partial charge in [0.2, 0.25) is 3.53 Å². The average molecular weight is 316 g/mol. The molecule has 0 aromatic heterocycles. The molecule has 0 heterocycles. The Hall–Kier alpha value is 0.0800. The van der Waals surface area contributed by atoms with Gasteiger partial charge in [0.15, 0.2) is 0 Å². The maximum absolute atomic E-state index is 5.93. The molecule has 17 heavy (non-hydrogen) atoms. The molecule has 0 unspecified atom stereocenters. The van der Waals surface area contributed by atoms with Gasteiger partial charge in [-0.3, -0.25) is 4.67 Å². The third-order valence-corrected chi connectivity index (χ3v) is 5.16. The number of hydrogen-bond donors (Lipinski definition) is 1. The molecule has 0 spiro atoms. The zero-order valence-corrected chi connectivity index (χ0v) is 12.9. The lowest BCUT2D eigenvalue weighted by atomic mass is 10.3. The smallest absolute Gasteiger partial charge is 0.241 e. The highest BCUT2D eigenvalue weighted by atomic mass is 35.6. The first-order chi connectivity index (χ1) is 7.84. The molecule has 1 aromatic rings. The summed E-state index contributed by atoms with van der Waals surface area (Å²) in [4.78, 5) is 0. The Morgan fingerprint density at radius 1 is 1.18 bits per heavy atom. The van der Waals surface area contributed by atoms with Gasteiger partial charge in [0.25, 0.3) is 0 Å². The fourth-order valence-corrected chi connectivity index (χ4v) is 4.09. The summed E-state index contributed by atoms with van der Waals surface area (Å²) < 4.78 is 5.60. The monoisotopic (exact) mass is 314 g/mol. The summed E-state index contributed by atoms with van der Waals surface area (Å²) in [6, 6.07) is 7.47. The summed E-state index contributed by atoms with van der Waals surface area (Å²) in [5, 5.41) is 3.21. The fraction of sp³-hybridized carbons (Fsp3) is 0.400. The van der Waals surface area contributed by atoms with Gasteiger partial charge in [0.05, 0.1) is 7.11 Å². The molecule has 0 aliphatic rings. The van der Waals surface area contributed by atoms with Gasteiger partial charge < -0.3 is 9.82 Å². The van der Waals surface area contributed by atoms with Crippen LogP contribution >= 0.6 is 43.0 Å². The summed E-state index contributed by atoms with van der Waals surface area (Å²) in [5.41, 5.74) is 0.886. The number of benzene rings is 1. The lowest BCUT2D eigenvalue weighted by Crippen LogP contribution is -2.19. The van der Waals surface area contributed by atoms with Gasteiger partial charge in [-0.1, -0.05) is 34.8 Å². The molecule has 0 bridgehead atoms. The summed E-state index contributed by atoms with van der Waals surface area (Å²) in [6.45, 7) is 0. The number of hydrogen-bond acceptors (Lipinski definition) is 3. The van der Waals surface area contributed by atoms with Crippen molar-refractivity contribution in [3.63, 3.8) is 0 Å². The zero-order valence-electron chi connectivity index (χ0n) is 9.75. The van der Waals surface area contributed by atoms with Gasteiger partial charge in [0, 0.05) is 5.69 Å². The Balaban J connectivity index is 2.79. The zero-order chi connectivity index (χ0) is 13.1. The molecule has 0 amide bonds. The summed E-state index contributed by atoms with van der Waals surface area (Å²) in [5.74, 6) is 0.790. The molecule has 7 heteroatoms. The molecule has 0 saturated carbocycles. The minimum absolute atomic E-state index is 0.790. The van der Waals surface area contributed by atoms with Gasteiger partial charge >= 0.3 is 0 Å². The summed E-state index contributed by atoms with van der Waals surface area (Å²) in [7, 11) is 4.24. The molecule has 3 nitrogen and oxygen atoms in total. The third-order valence-electron chi connectivity index (χ3n) is 1.97. The van der Waals surface area contributed by atoms with E-state index in [0.717, 1.165) is 11.4 Å². The second-order valence-corrected chi connectivity index (χ2v) is 8.86. The topological polar surface area (TPSA) is 24.5 Å². The molecule has 0 aliphatic carbocycles. The SMILES string of the molecule is COc1ccc(N[P@](N(C)C)C(Cl)(Cl)Cl)cc1. The standard InChI is InChI=1S/C10H14Cl3N2OP/c1-15(2)17(10(11,12)13)14-8-4-6-9(16-3)7-5-8/h4-7,14H,1-3H3/t17-/m1/s1. The van der Waals surface area contributed by atoms with E-state index in [1.54, 1.807) is 7.11 Å². The van der Waals surface area contributed by atoms with E-state index in [2.05, 4.69) is 5.09 Å². The number of alkyl halides is 3. The van der Waals surface area contributed by atoms with Crippen molar-refractivity contribution in [1.29, 1.82) is 0 Å². The van der Waals surface area contributed by atoms with E-state index in [1.807, 2.05) is 43.0 Å². The van der Waals surface area contributed by atoms with Crippen molar-refractivity contribution < 1.29 is 4.74 Å². The van der Waals surface area contributed by atoms with E-state index >= 15 is 0 Å². The molecule has 1 atom stereocenters. The molecular weight excluding hydrogens is 301 g/mol. The van der Waals surface area contributed by atoms with Crippen molar-refractivity contribution in [3.05, 3.63) is 24.3 Å². The predicted molar refractivity (Wildman–Crippen MR) is 77.5 cm³/mol. The van der Waals surface area contributed by atoms with Crippen LogP contribution in [-0.2, 0) is 0 Å². The average Bonchev–Trinajstić information content (AvgIpc) is 2.24. The Kier molecular flexibility index (Phi) is 5.62. The van der Waals surface area contributed by atoms with Gasteiger partial charge in [-0.15, -0.1) is 0 Å². The lowest BCUT2D eigenvalue weighted by molar-refractivity contribution is 0.415. The Labute approximate surface area is 118 Å². The van der Waals surface area contributed by atoms with Crippen LogP contribution in [0.25, 0.3) is 0 Å². The Morgan fingerprint density at radius 3 is 2.06 bits per heavy atom. The number of nitrogens with one attached hydrogen (secondary N) is 1. The normalized spacial score (nSPS) is 13.6. The van der Waals surface area contributed by atoms with Crippen molar-refractivity contribution >= 4 is 48.7 Å². The number of methoxy groups -OCH3 is 1. The largest absolute Gasteiger partial charge is 0.497 e. The van der Waals surface area contributed by atoms with E-state index in [4.69, 9.17) is 39.5 Å². The lowest BCUT2D eigenvalue weighted by Gasteiger charge is -2.31. The van der Waals surface area contributed by atoms with Crippen molar-refractivity contribution in [2.24, 2.45) is 0 Å². The van der Waals surface area contributed by atoms with E-state index in [-0.39, 0.29) is 0 Å². The van der Waals surface area contributed by atoms with Crippen LogP contribution in [0.1, 0.15) is 0 Å². The van der Waals surface area contributed by atoms with Crippen LogP contribution in [-0.4, -0.2) is 29.4 Å². The molecule has 0 radical (unpaired) electrons. The minimum atomic E-state index is -1.35. The van der Waals surface area contributed by atoms with Gasteiger partial charge in [-0.2, -0.15) is 0 Å². The van der Waals surface area contributed by atoms with Crippen molar-refractivity contribution in [2.75, 3.05) is 26.3 Å². The van der Waals surface area contributed by atoms with Crippen LogP contribution in [0.15, 0.2) is 24.3 Å². The fourth-order valence-electron chi connectivity index (χ4n) is 1.18. The van der Waals surface area contributed by atoms with Crippen LogP contribution < -0.4 is 9.82 Å². The van der Waals surface area contributed by atoms with E-state index in [0.29, 0.717) is 0 Å². The van der Waals surface area contributed by atoms with E-state index in [1.165, 1.54) is 0 Å². The second kappa shape index (κ2) is 6.31. The van der Waals surface area contributed by atoms with Crippen LogP contribution in [0.3, 0.4) is 0 Å². The van der Waals surface area contributed by atoms with E-state index < -0.39 is 11.8 Å². The van der Waals surface area contributed by atoms with Crippen LogP contribution in [0, 0.1) is 0 Å². The Morgan fingerprint density at radius 2 is 1.71 bits per heavy atom. The summed E-state index contributed by atoms with van der Waals surface area (Å²) >= 11 is 17.8. The van der Waals surface area contributed by atoms with Crippen LogP contribution in [0.5, 0.6) is 5.75 Å². The molecule has 0 aliphatic heterocycles. The maximum atomic E-state index is 5.93. The highest BCUT2D eigenvalue weighted by Crippen LogP contribution is 2.58. The molecule has 0 fully saturated rings. The van der Waals surface area contributed by atoms with Gasteiger partial charge in [-0.05, 0) is 38.4 Å². The molecule has 1 N–H and O–H groups in total. The molecule has 1 rings (SSSR count). The highest BCUT2D eigenvalue weighted by molar-refractivity contribution is 7.65. The first-order valence-corrected chi connectivity index (χ1v) is 7.22. The third kappa shape index (κ3) is 4.69. The predicted octanol–water partition coefficient (Wildman–Crippen LogP) is 4.31. The quantitative estimate of drug-likeness (QED) is 0.662. The summed E-state index contributed by atoms with van der Waals surface area (Å²) in [6.07, 6.45) is 0. The van der Waals surface area contributed by atoms with Crippen LogP contribution in [0.4, 0.5) is 5.69 Å². The number of anilines is 1. The Bertz CT molecular complexity index is 354. The maximum Gasteiger partial charge on any atom is 0.241 e. The molecule has 1 aromatic carbocycles. The first kappa shape index (κ1) is 15.1. The number of halogens is 3. The van der Waals surface area contributed by atoms with Crippen molar-refractivity contribution in [1.82, 2.24) is 4.67 Å². The van der Waals surface area contributed by atoms with Crippen molar-refractivity contribution in [2.45, 2.75) is 3.53 Å². The van der Waals surface area contributed by atoms with Crippen LogP contribution in [0.2, 0.25) is 0 Å².